The molecule has 0 amide bonds. The molecule has 1 heterocycles. The first-order valence-corrected chi connectivity index (χ1v) is 5.97. The Morgan fingerprint density at radius 2 is 1.89 bits per heavy atom. The summed E-state index contributed by atoms with van der Waals surface area (Å²) in [6, 6.07) is 15.6. The molecule has 0 aliphatic heterocycles. The number of hydrogen-bond donors (Lipinski definition) is 1. The number of rotatable bonds is 5. The van der Waals surface area contributed by atoms with Crippen molar-refractivity contribution in [2.24, 2.45) is 4.99 Å². The summed E-state index contributed by atoms with van der Waals surface area (Å²) in [4.78, 5) is 8.53. The molecule has 2 rings (SSSR count). The first-order valence-electron chi connectivity index (χ1n) is 5.97. The van der Waals surface area contributed by atoms with Gasteiger partial charge in [0.05, 0.1) is 18.3 Å². The molecular weight excluding hydrogens is 224 g/mol. The van der Waals surface area contributed by atoms with Crippen LogP contribution in [0.5, 0.6) is 0 Å². The van der Waals surface area contributed by atoms with E-state index in [2.05, 4.69) is 9.98 Å². The number of aromatic nitrogens is 1. The Balaban J connectivity index is 2.00. The van der Waals surface area contributed by atoms with Crippen LogP contribution >= 0.6 is 0 Å². The van der Waals surface area contributed by atoms with Crippen LogP contribution in [0.4, 0.5) is 0 Å². The standard InChI is InChI=1S/C15H16N2O/c18-12-15(10-13-6-2-1-3-7-13)17-11-14-8-4-5-9-16-14/h1-9,11,15,18H,10,12H2/t15-/m1/s1. The van der Waals surface area contributed by atoms with Gasteiger partial charge in [0, 0.05) is 12.4 Å². The molecule has 3 nitrogen and oxygen atoms in total. The van der Waals surface area contributed by atoms with Crippen molar-refractivity contribution in [2.75, 3.05) is 6.61 Å². The Morgan fingerprint density at radius 1 is 1.11 bits per heavy atom. The summed E-state index contributed by atoms with van der Waals surface area (Å²) < 4.78 is 0. The lowest BCUT2D eigenvalue weighted by atomic mass is 10.1. The van der Waals surface area contributed by atoms with Crippen LogP contribution < -0.4 is 0 Å². The average molecular weight is 240 g/mol. The molecule has 0 aliphatic carbocycles. The SMILES string of the molecule is OC[C@@H](Cc1ccccc1)N=Cc1ccccn1. The number of benzene rings is 1. The number of hydrogen-bond acceptors (Lipinski definition) is 3. The van der Waals surface area contributed by atoms with Crippen molar-refractivity contribution in [2.45, 2.75) is 12.5 Å². The lowest BCUT2D eigenvalue weighted by molar-refractivity contribution is 0.266. The lowest BCUT2D eigenvalue weighted by Crippen LogP contribution is -2.14. The van der Waals surface area contributed by atoms with E-state index >= 15 is 0 Å². The lowest BCUT2D eigenvalue weighted by Gasteiger charge is -2.08. The first kappa shape index (κ1) is 12.5. The minimum Gasteiger partial charge on any atom is -0.394 e. The fourth-order valence-corrected chi connectivity index (χ4v) is 1.68. The minimum atomic E-state index is -0.116. The van der Waals surface area contributed by atoms with Crippen LogP contribution in [0.3, 0.4) is 0 Å². The molecule has 1 aromatic carbocycles. The second-order valence-corrected chi connectivity index (χ2v) is 4.06. The first-order chi connectivity index (χ1) is 8.88. The van der Waals surface area contributed by atoms with E-state index in [1.165, 1.54) is 5.56 Å². The van der Waals surface area contributed by atoms with Crippen molar-refractivity contribution < 1.29 is 5.11 Å². The highest BCUT2D eigenvalue weighted by atomic mass is 16.3. The van der Waals surface area contributed by atoms with Gasteiger partial charge in [-0.3, -0.25) is 9.98 Å². The van der Waals surface area contributed by atoms with Crippen molar-refractivity contribution in [1.29, 1.82) is 0 Å². The highest BCUT2D eigenvalue weighted by Gasteiger charge is 2.05. The number of nitrogens with zero attached hydrogens (tertiary/aromatic N) is 2. The van der Waals surface area contributed by atoms with E-state index in [1.807, 2.05) is 48.5 Å². The zero-order valence-corrected chi connectivity index (χ0v) is 10.1. The van der Waals surface area contributed by atoms with Crippen LogP contribution in [0.15, 0.2) is 59.7 Å². The van der Waals surface area contributed by atoms with Gasteiger partial charge in [0.25, 0.3) is 0 Å². The Morgan fingerprint density at radius 3 is 2.56 bits per heavy atom. The maximum absolute atomic E-state index is 9.33. The maximum Gasteiger partial charge on any atom is 0.0807 e. The van der Waals surface area contributed by atoms with Gasteiger partial charge in [-0.05, 0) is 24.1 Å². The molecule has 0 saturated carbocycles. The molecule has 1 aromatic heterocycles. The minimum absolute atomic E-state index is 0.0399. The third-order valence-electron chi connectivity index (χ3n) is 2.63. The summed E-state index contributed by atoms with van der Waals surface area (Å²) in [5.74, 6) is 0. The quantitative estimate of drug-likeness (QED) is 0.813. The summed E-state index contributed by atoms with van der Waals surface area (Å²) in [5.41, 5.74) is 1.98. The predicted octanol–water partition coefficient (Wildman–Crippen LogP) is 2.10. The number of aliphatic imine (C=N–C) groups is 1. The summed E-state index contributed by atoms with van der Waals surface area (Å²) >= 11 is 0. The van der Waals surface area contributed by atoms with Crippen molar-refractivity contribution in [3.63, 3.8) is 0 Å². The largest absolute Gasteiger partial charge is 0.394 e. The molecule has 1 N–H and O–H groups in total. The van der Waals surface area contributed by atoms with Gasteiger partial charge < -0.3 is 5.11 Å². The van der Waals surface area contributed by atoms with Crippen molar-refractivity contribution in [1.82, 2.24) is 4.98 Å². The van der Waals surface area contributed by atoms with Gasteiger partial charge in [-0.1, -0.05) is 36.4 Å². The molecule has 1 atom stereocenters. The second-order valence-electron chi connectivity index (χ2n) is 4.06. The van der Waals surface area contributed by atoms with Crippen LogP contribution in [0.1, 0.15) is 11.3 Å². The summed E-state index contributed by atoms with van der Waals surface area (Å²) in [6.07, 6.45) is 4.18. The molecule has 0 spiro atoms. The number of aliphatic hydroxyl groups excluding tert-OH is 1. The van der Waals surface area contributed by atoms with Gasteiger partial charge in [0.1, 0.15) is 0 Å². The van der Waals surface area contributed by atoms with Gasteiger partial charge in [-0.25, -0.2) is 0 Å². The van der Waals surface area contributed by atoms with E-state index in [-0.39, 0.29) is 12.6 Å². The fourth-order valence-electron chi connectivity index (χ4n) is 1.68. The number of aliphatic hydroxyl groups is 1. The van der Waals surface area contributed by atoms with Crippen LogP contribution in [0.25, 0.3) is 0 Å². The fraction of sp³-hybridized carbons (Fsp3) is 0.200. The zero-order chi connectivity index (χ0) is 12.6. The normalized spacial score (nSPS) is 12.7. The maximum atomic E-state index is 9.33. The van der Waals surface area contributed by atoms with Gasteiger partial charge in [-0.15, -0.1) is 0 Å². The van der Waals surface area contributed by atoms with Gasteiger partial charge in [0.15, 0.2) is 0 Å². The summed E-state index contributed by atoms with van der Waals surface area (Å²) in [6.45, 7) is 0.0399. The topological polar surface area (TPSA) is 45.5 Å². The highest BCUT2D eigenvalue weighted by molar-refractivity contribution is 5.76. The van der Waals surface area contributed by atoms with Crippen LogP contribution in [0, 0.1) is 0 Å². The van der Waals surface area contributed by atoms with E-state index in [4.69, 9.17) is 0 Å². The van der Waals surface area contributed by atoms with Gasteiger partial charge in [0.2, 0.25) is 0 Å². The van der Waals surface area contributed by atoms with E-state index in [1.54, 1.807) is 12.4 Å². The molecule has 0 unspecified atom stereocenters. The molecule has 18 heavy (non-hydrogen) atoms. The van der Waals surface area contributed by atoms with E-state index < -0.39 is 0 Å². The van der Waals surface area contributed by atoms with Crippen molar-refractivity contribution in [3.05, 3.63) is 66.0 Å². The second kappa shape index (κ2) is 6.67. The predicted molar refractivity (Wildman–Crippen MR) is 72.9 cm³/mol. The van der Waals surface area contributed by atoms with E-state index in [0.29, 0.717) is 0 Å². The molecule has 0 fully saturated rings. The van der Waals surface area contributed by atoms with Crippen molar-refractivity contribution >= 4 is 6.21 Å². The van der Waals surface area contributed by atoms with E-state index in [9.17, 15) is 5.11 Å². The molecule has 0 aliphatic rings. The Kier molecular flexibility index (Phi) is 4.61. The highest BCUT2D eigenvalue weighted by Crippen LogP contribution is 2.05. The Labute approximate surface area is 107 Å². The molecule has 0 bridgehead atoms. The van der Waals surface area contributed by atoms with Crippen LogP contribution in [-0.4, -0.2) is 29.0 Å². The van der Waals surface area contributed by atoms with E-state index in [0.717, 1.165) is 12.1 Å². The van der Waals surface area contributed by atoms with Crippen molar-refractivity contribution in [3.8, 4) is 0 Å². The van der Waals surface area contributed by atoms with Crippen LogP contribution in [-0.2, 0) is 6.42 Å². The monoisotopic (exact) mass is 240 g/mol. The zero-order valence-electron chi connectivity index (χ0n) is 10.1. The summed E-state index contributed by atoms with van der Waals surface area (Å²) in [7, 11) is 0. The third kappa shape index (κ3) is 3.79. The Hall–Kier alpha value is -2.00. The molecule has 0 radical (unpaired) electrons. The molecule has 3 heteroatoms. The molecule has 2 aromatic rings. The molecule has 0 saturated heterocycles. The smallest absolute Gasteiger partial charge is 0.0807 e. The average Bonchev–Trinajstić information content (AvgIpc) is 2.45. The van der Waals surface area contributed by atoms with Crippen LogP contribution in [0.2, 0.25) is 0 Å². The Bertz CT molecular complexity index is 482. The van der Waals surface area contributed by atoms with Gasteiger partial charge >= 0.3 is 0 Å². The third-order valence-corrected chi connectivity index (χ3v) is 2.63. The molecule has 92 valence electrons. The molecular formula is C15H16N2O. The number of pyridine rings is 1. The van der Waals surface area contributed by atoms with Gasteiger partial charge in [-0.2, -0.15) is 0 Å². The summed E-state index contributed by atoms with van der Waals surface area (Å²) in [5, 5.41) is 9.33.